The maximum Gasteiger partial charge on any atom is 0.249 e. The minimum absolute atomic E-state index is 0. The summed E-state index contributed by atoms with van der Waals surface area (Å²) in [7, 11) is 3.07. The van der Waals surface area contributed by atoms with Gasteiger partial charge in [-0.2, -0.15) is 0 Å². The molecule has 1 unspecified atom stereocenters. The number of methoxy groups -OCH3 is 2. The molecule has 158 valence electrons. The Kier molecular flexibility index (Phi) is 8.25. The molecule has 0 spiro atoms. The summed E-state index contributed by atoms with van der Waals surface area (Å²) >= 11 is 0. The first-order valence-corrected chi connectivity index (χ1v) is 9.19. The number of carbonyl (C=O) groups excluding carboxylic acids is 1. The Labute approximate surface area is 175 Å². The van der Waals surface area contributed by atoms with Gasteiger partial charge in [0.25, 0.3) is 0 Å². The summed E-state index contributed by atoms with van der Waals surface area (Å²) in [5, 5.41) is 2.98. The van der Waals surface area contributed by atoms with E-state index in [1.807, 2.05) is 12.1 Å². The number of rotatable bonds is 7. The number of carbonyl (C=O) groups is 1. The van der Waals surface area contributed by atoms with Crippen LogP contribution < -0.4 is 20.5 Å². The molecule has 0 bridgehead atoms. The van der Waals surface area contributed by atoms with E-state index in [1.54, 1.807) is 25.3 Å². The largest absolute Gasteiger partial charge is 0.497 e. The van der Waals surface area contributed by atoms with Crippen LogP contribution in [0, 0.1) is 5.82 Å². The van der Waals surface area contributed by atoms with Crippen molar-refractivity contribution in [3.63, 3.8) is 0 Å². The molecule has 0 saturated carbocycles. The summed E-state index contributed by atoms with van der Waals surface area (Å²) < 4.78 is 30.4. The molecule has 1 aliphatic rings. The van der Waals surface area contributed by atoms with E-state index >= 15 is 0 Å². The number of amides is 1. The minimum Gasteiger partial charge on any atom is -0.497 e. The zero-order valence-corrected chi connectivity index (χ0v) is 17.2. The Morgan fingerprint density at radius 3 is 2.69 bits per heavy atom. The highest BCUT2D eigenvalue weighted by molar-refractivity contribution is 5.85. The predicted molar refractivity (Wildman–Crippen MR) is 110 cm³/mol. The second kappa shape index (κ2) is 10.4. The van der Waals surface area contributed by atoms with Gasteiger partial charge in [-0.15, -0.1) is 12.4 Å². The third-order valence-electron chi connectivity index (χ3n) is 4.88. The molecule has 6 nitrogen and oxygen atoms in total. The summed E-state index contributed by atoms with van der Waals surface area (Å²) in [6.45, 7) is 0.376. The van der Waals surface area contributed by atoms with Gasteiger partial charge in [0.1, 0.15) is 23.4 Å². The summed E-state index contributed by atoms with van der Waals surface area (Å²) in [5.41, 5.74) is 6.89. The van der Waals surface area contributed by atoms with Gasteiger partial charge in [0, 0.05) is 12.1 Å². The first-order chi connectivity index (χ1) is 13.5. The van der Waals surface area contributed by atoms with Crippen LogP contribution in [-0.4, -0.2) is 38.9 Å². The molecule has 2 aromatic rings. The van der Waals surface area contributed by atoms with Crippen LogP contribution in [0.25, 0.3) is 0 Å². The molecule has 0 aliphatic carbocycles. The Hall–Kier alpha value is -2.35. The van der Waals surface area contributed by atoms with E-state index in [9.17, 15) is 9.18 Å². The second-order valence-corrected chi connectivity index (χ2v) is 6.66. The van der Waals surface area contributed by atoms with Gasteiger partial charge in [0.05, 0.1) is 26.4 Å². The van der Waals surface area contributed by atoms with Gasteiger partial charge in [-0.1, -0.05) is 12.1 Å². The third-order valence-corrected chi connectivity index (χ3v) is 4.88. The zero-order chi connectivity index (χ0) is 20.1. The smallest absolute Gasteiger partial charge is 0.249 e. The van der Waals surface area contributed by atoms with E-state index in [-0.39, 0.29) is 24.4 Å². The standard InChI is InChI=1S/C21H25FN2O4.ClH/c1-26-15-5-3-4-13(10-15)20(17-11-14(22)6-8-18(17)27-2)24-21(25)19-9-7-16(12-23)28-19;/h3-6,8,10-11,16,19-20H,7,9,12,23H2,1-2H3,(H,24,25);1H/t16-,19+,20?;/m1./s1. The molecule has 3 atom stereocenters. The second-order valence-electron chi connectivity index (χ2n) is 6.66. The van der Waals surface area contributed by atoms with E-state index in [0.717, 1.165) is 12.0 Å². The molecule has 1 heterocycles. The fourth-order valence-electron chi connectivity index (χ4n) is 3.40. The lowest BCUT2D eigenvalue weighted by Crippen LogP contribution is -2.38. The van der Waals surface area contributed by atoms with Crippen molar-refractivity contribution in [3.8, 4) is 11.5 Å². The minimum atomic E-state index is -0.631. The van der Waals surface area contributed by atoms with Crippen molar-refractivity contribution in [1.29, 1.82) is 0 Å². The molecule has 1 fully saturated rings. The number of halogens is 2. The van der Waals surface area contributed by atoms with Crippen LogP contribution in [0.2, 0.25) is 0 Å². The fraction of sp³-hybridized carbons (Fsp3) is 0.381. The van der Waals surface area contributed by atoms with Crippen molar-refractivity contribution in [2.75, 3.05) is 20.8 Å². The van der Waals surface area contributed by atoms with Gasteiger partial charge in [-0.3, -0.25) is 4.79 Å². The van der Waals surface area contributed by atoms with Gasteiger partial charge in [-0.05, 0) is 48.7 Å². The highest BCUT2D eigenvalue weighted by Crippen LogP contribution is 2.33. The Balaban J connectivity index is 0.00000300. The topological polar surface area (TPSA) is 82.8 Å². The summed E-state index contributed by atoms with van der Waals surface area (Å²) in [5.74, 6) is 0.419. The first-order valence-electron chi connectivity index (χ1n) is 9.19. The van der Waals surface area contributed by atoms with Crippen LogP contribution in [-0.2, 0) is 9.53 Å². The van der Waals surface area contributed by atoms with Crippen LogP contribution in [0.4, 0.5) is 4.39 Å². The number of hydrogen-bond donors (Lipinski definition) is 2. The molecule has 1 amide bonds. The molecule has 3 N–H and O–H groups in total. The maximum atomic E-state index is 14.0. The number of ether oxygens (including phenoxy) is 3. The quantitative estimate of drug-likeness (QED) is 0.714. The van der Waals surface area contributed by atoms with Crippen molar-refractivity contribution in [2.45, 2.75) is 31.1 Å². The highest BCUT2D eigenvalue weighted by Gasteiger charge is 2.32. The number of hydrogen-bond acceptors (Lipinski definition) is 5. The van der Waals surface area contributed by atoms with Gasteiger partial charge in [0.15, 0.2) is 0 Å². The van der Waals surface area contributed by atoms with Crippen molar-refractivity contribution in [3.05, 3.63) is 59.4 Å². The number of nitrogens with two attached hydrogens (primary N) is 1. The first kappa shape index (κ1) is 22.9. The van der Waals surface area contributed by atoms with Crippen LogP contribution in [0.15, 0.2) is 42.5 Å². The summed E-state index contributed by atoms with van der Waals surface area (Å²) in [6.07, 6.45) is 0.636. The lowest BCUT2D eigenvalue weighted by Gasteiger charge is -2.24. The predicted octanol–water partition coefficient (Wildman–Crippen LogP) is 2.98. The van der Waals surface area contributed by atoms with Gasteiger partial charge >= 0.3 is 0 Å². The molecule has 0 radical (unpaired) electrons. The lowest BCUT2D eigenvalue weighted by atomic mass is 9.96. The number of benzene rings is 2. The van der Waals surface area contributed by atoms with Gasteiger partial charge in [0.2, 0.25) is 5.91 Å². The van der Waals surface area contributed by atoms with Crippen LogP contribution in [0.3, 0.4) is 0 Å². The Morgan fingerprint density at radius 2 is 2.03 bits per heavy atom. The number of nitrogens with one attached hydrogen (secondary N) is 1. The molecular formula is C21H26ClFN2O4. The van der Waals surface area contributed by atoms with Crippen LogP contribution >= 0.6 is 12.4 Å². The Bertz CT molecular complexity index is 836. The maximum absolute atomic E-state index is 14.0. The monoisotopic (exact) mass is 424 g/mol. The van der Waals surface area contributed by atoms with E-state index < -0.39 is 18.0 Å². The SMILES string of the molecule is COc1cccc(C(NC(=O)[C@@H]2CC[C@H](CN)O2)c2cc(F)ccc2OC)c1.Cl. The van der Waals surface area contributed by atoms with Crippen LogP contribution in [0.1, 0.15) is 30.0 Å². The summed E-state index contributed by atoms with van der Waals surface area (Å²) in [4.78, 5) is 12.9. The van der Waals surface area contributed by atoms with Crippen molar-refractivity contribution >= 4 is 18.3 Å². The van der Waals surface area contributed by atoms with Gasteiger partial charge < -0.3 is 25.3 Å². The highest BCUT2D eigenvalue weighted by atomic mass is 35.5. The van der Waals surface area contributed by atoms with Crippen molar-refractivity contribution in [1.82, 2.24) is 5.32 Å². The fourth-order valence-corrected chi connectivity index (χ4v) is 3.40. The summed E-state index contributed by atoms with van der Waals surface area (Å²) in [6, 6.07) is 10.9. The van der Waals surface area contributed by atoms with E-state index in [2.05, 4.69) is 5.32 Å². The molecule has 29 heavy (non-hydrogen) atoms. The molecule has 8 heteroatoms. The molecule has 0 aromatic heterocycles. The van der Waals surface area contributed by atoms with Crippen molar-refractivity contribution < 1.29 is 23.4 Å². The molecule has 2 aromatic carbocycles. The average molecular weight is 425 g/mol. The molecule has 3 rings (SSSR count). The third kappa shape index (κ3) is 5.38. The zero-order valence-electron chi connectivity index (χ0n) is 16.4. The molecule has 1 aliphatic heterocycles. The molecular weight excluding hydrogens is 399 g/mol. The van der Waals surface area contributed by atoms with Gasteiger partial charge in [-0.25, -0.2) is 4.39 Å². The Morgan fingerprint density at radius 1 is 1.24 bits per heavy atom. The lowest BCUT2D eigenvalue weighted by molar-refractivity contribution is -0.132. The van der Waals surface area contributed by atoms with E-state index in [1.165, 1.54) is 19.2 Å². The normalized spacial score (nSPS) is 19.2. The van der Waals surface area contributed by atoms with E-state index in [4.69, 9.17) is 19.9 Å². The average Bonchev–Trinajstić information content (AvgIpc) is 3.21. The van der Waals surface area contributed by atoms with Crippen LogP contribution in [0.5, 0.6) is 11.5 Å². The van der Waals surface area contributed by atoms with E-state index in [0.29, 0.717) is 30.0 Å². The van der Waals surface area contributed by atoms with Crippen molar-refractivity contribution in [2.24, 2.45) is 5.73 Å². The molecule has 1 saturated heterocycles.